The average molecular weight is 444 g/mol. The SMILES string of the molecule is COC1CN(C(=O)c2cc(C)ccc2C)CC1Oc1cccc(NSNC2COC2)c1. The molecule has 2 atom stereocenters. The summed E-state index contributed by atoms with van der Waals surface area (Å²) in [4.78, 5) is 14.9. The molecule has 0 saturated carbocycles. The van der Waals surface area contributed by atoms with E-state index < -0.39 is 0 Å². The summed E-state index contributed by atoms with van der Waals surface area (Å²) in [6.45, 7) is 6.45. The number of ether oxygens (including phenoxy) is 3. The van der Waals surface area contributed by atoms with E-state index in [9.17, 15) is 4.79 Å². The van der Waals surface area contributed by atoms with Gasteiger partial charge in [-0.25, -0.2) is 4.72 Å². The van der Waals surface area contributed by atoms with E-state index in [1.54, 1.807) is 7.11 Å². The first-order chi connectivity index (χ1) is 15.0. The van der Waals surface area contributed by atoms with Gasteiger partial charge in [-0.2, -0.15) is 0 Å². The van der Waals surface area contributed by atoms with E-state index in [2.05, 4.69) is 9.44 Å². The first-order valence-corrected chi connectivity index (χ1v) is 11.3. The van der Waals surface area contributed by atoms with Gasteiger partial charge in [0.25, 0.3) is 5.91 Å². The fourth-order valence-corrected chi connectivity index (χ4v) is 4.28. The van der Waals surface area contributed by atoms with Crippen molar-refractivity contribution in [3.8, 4) is 5.75 Å². The van der Waals surface area contributed by atoms with Crippen molar-refractivity contribution in [2.75, 3.05) is 38.1 Å². The van der Waals surface area contributed by atoms with Crippen molar-refractivity contribution in [3.63, 3.8) is 0 Å². The normalized spacial score (nSPS) is 21.1. The van der Waals surface area contributed by atoms with Gasteiger partial charge in [-0.05, 0) is 37.6 Å². The van der Waals surface area contributed by atoms with Gasteiger partial charge in [0, 0.05) is 36.6 Å². The van der Waals surface area contributed by atoms with E-state index in [-0.39, 0.29) is 18.1 Å². The summed E-state index contributed by atoms with van der Waals surface area (Å²) >= 11 is 1.44. The Kier molecular flexibility index (Phi) is 7.02. The zero-order valence-electron chi connectivity index (χ0n) is 18.1. The standard InChI is InChI=1S/C23H29N3O4S/c1-15-7-8-16(2)20(9-15)23(27)26-11-21(28-3)22(12-26)30-19-6-4-5-17(10-19)24-31-25-18-13-29-14-18/h4-10,18,21-22,24-25H,11-14H2,1-3H3. The van der Waals surface area contributed by atoms with Gasteiger partial charge >= 0.3 is 0 Å². The molecule has 4 rings (SSSR count). The molecule has 2 heterocycles. The van der Waals surface area contributed by atoms with Gasteiger partial charge in [-0.3, -0.25) is 4.79 Å². The van der Waals surface area contributed by atoms with Gasteiger partial charge in [0.15, 0.2) is 0 Å². The van der Waals surface area contributed by atoms with Crippen molar-refractivity contribution in [1.29, 1.82) is 0 Å². The quantitative estimate of drug-likeness (QED) is 0.607. The van der Waals surface area contributed by atoms with Crippen molar-refractivity contribution in [1.82, 2.24) is 9.62 Å². The highest BCUT2D eigenvalue weighted by Gasteiger charge is 2.37. The zero-order valence-corrected chi connectivity index (χ0v) is 18.9. The molecule has 0 bridgehead atoms. The Balaban J connectivity index is 1.38. The Morgan fingerprint density at radius 3 is 2.68 bits per heavy atom. The predicted octanol–water partition coefficient (Wildman–Crippen LogP) is 3.19. The molecule has 8 heteroatoms. The van der Waals surface area contributed by atoms with Crippen LogP contribution in [0.15, 0.2) is 42.5 Å². The number of methoxy groups -OCH3 is 1. The summed E-state index contributed by atoms with van der Waals surface area (Å²) in [6.07, 6.45) is -0.410. The number of hydrogen-bond donors (Lipinski definition) is 2. The van der Waals surface area contributed by atoms with Gasteiger partial charge in [-0.15, -0.1) is 0 Å². The molecule has 7 nitrogen and oxygen atoms in total. The summed E-state index contributed by atoms with van der Waals surface area (Å²) in [5.74, 6) is 0.762. The van der Waals surface area contributed by atoms with E-state index in [0.717, 1.165) is 41.3 Å². The second kappa shape index (κ2) is 9.91. The minimum atomic E-state index is -0.229. The van der Waals surface area contributed by atoms with Crippen molar-refractivity contribution < 1.29 is 19.0 Å². The van der Waals surface area contributed by atoms with E-state index in [0.29, 0.717) is 19.1 Å². The molecule has 31 heavy (non-hydrogen) atoms. The molecule has 2 aromatic rings. The number of carbonyl (C=O) groups excluding carboxylic acids is 1. The summed E-state index contributed by atoms with van der Waals surface area (Å²) in [7, 11) is 1.66. The number of nitrogens with one attached hydrogen (secondary N) is 2. The van der Waals surface area contributed by atoms with Gasteiger partial charge in [-0.1, -0.05) is 23.8 Å². The summed E-state index contributed by atoms with van der Waals surface area (Å²) in [5, 5.41) is 0. The van der Waals surface area contributed by atoms with Crippen LogP contribution >= 0.6 is 12.1 Å². The summed E-state index contributed by atoms with van der Waals surface area (Å²) in [6, 6.07) is 14.2. The Labute approximate surface area is 187 Å². The number of nitrogens with zero attached hydrogens (tertiary/aromatic N) is 1. The molecule has 0 aliphatic carbocycles. The predicted molar refractivity (Wildman–Crippen MR) is 122 cm³/mol. The third-order valence-electron chi connectivity index (χ3n) is 5.58. The highest BCUT2D eigenvalue weighted by Crippen LogP contribution is 2.26. The second-order valence-corrected chi connectivity index (χ2v) is 8.69. The average Bonchev–Trinajstić information content (AvgIpc) is 3.14. The largest absolute Gasteiger partial charge is 0.486 e. The lowest BCUT2D eigenvalue weighted by atomic mass is 10.0. The third-order valence-corrected chi connectivity index (χ3v) is 6.37. The van der Waals surface area contributed by atoms with Crippen molar-refractivity contribution in [2.24, 2.45) is 0 Å². The first kappa shape index (κ1) is 22.0. The Morgan fingerprint density at radius 2 is 1.94 bits per heavy atom. The number of rotatable bonds is 8. The number of hydrogen-bond acceptors (Lipinski definition) is 7. The third kappa shape index (κ3) is 5.33. The lowest BCUT2D eigenvalue weighted by Gasteiger charge is -2.26. The smallest absolute Gasteiger partial charge is 0.254 e. The second-order valence-electron chi connectivity index (χ2n) is 8.04. The minimum absolute atomic E-state index is 0.0206. The van der Waals surface area contributed by atoms with Crippen LogP contribution in [-0.2, 0) is 9.47 Å². The summed E-state index contributed by atoms with van der Waals surface area (Å²) < 4.78 is 23.6. The van der Waals surface area contributed by atoms with Crippen LogP contribution in [0.3, 0.4) is 0 Å². The Hall–Kier alpha value is -2.26. The summed E-state index contributed by atoms with van der Waals surface area (Å²) in [5.41, 5.74) is 3.73. The van der Waals surface area contributed by atoms with Crippen LogP contribution in [0.4, 0.5) is 5.69 Å². The van der Waals surface area contributed by atoms with Crippen molar-refractivity contribution in [2.45, 2.75) is 32.1 Å². The van der Waals surface area contributed by atoms with Gasteiger partial charge in [0.05, 0.1) is 32.3 Å². The molecule has 2 aromatic carbocycles. The molecule has 2 saturated heterocycles. The number of carbonyl (C=O) groups is 1. The van der Waals surface area contributed by atoms with Crippen LogP contribution in [-0.4, -0.2) is 62.5 Å². The fraction of sp³-hybridized carbons (Fsp3) is 0.435. The minimum Gasteiger partial charge on any atom is -0.486 e. The molecular weight excluding hydrogens is 414 g/mol. The zero-order chi connectivity index (χ0) is 21.8. The van der Waals surface area contributed by atoms with Crippen LogP contribution in [0.25, 0.3) is 0 Å². The number of amides is 1. The van der Waals surface area contributed by atoms with Crippen molar-refractivity contribution in [3.05, 3.63) is 59.2 Å². The number of anilines is 1. The molecule has 1 amide bonds. The molecule has 2 aliphatic rings. The maximum Gasteiger partial charge on any atom is 0.254 e. The monoisotopic (exact) mass is 443 g/mol. The molecule has 0 spiro atoms. The molecular formula is C23H29N3O4S. The van der Waals surface area contributed by atoms with Crippen LogP contribution in [0.2, 0.25) is 0 Å². The number of benzene rings is 2. The number of aryl methyl sites for hydroxylation is 2. The van der Waals surface area contributed by atoms with Crippen molar-refractivity contribution >= 4 is 23.7 Å². The Morgan fingerprint density at radius 1 is 1.13 bits per heavy atom. The lowest BCUT2D eigenvalue weighted by molar-refractivity contribution is 0.00604. The van der Waals surface area contributed by atoms with Crippen LogP contribution < -0.4 is 14.2 Å². The first-order valence-electron chi connectivity index (χ1n) is 10.4. The van der Waals surface area contributed by atoms with Gasteiger partial charge < -0.3 is 23.8 Å². The lowest BCUT2D eigenvalue weighted by Crippen LogP contribution is -2.43. The van der Waals surface area contributed by atoms with Crippen LogP contribution in [0.5, 0.6) is 5.75 Å². The highest BCUT2D eigenvalue weighted by atomic mass is 32.2. The fourth-order valence-electron chi connectivity index (χ4n) is 3.67. The molecule has 0 aromatic heterocycles. The molecule has 2 aliphatic heterocycles. The molecule has 2 fully saturated rings. The van der Waals surface area contributed by atoms with Gasteiger partial charge in [0.1, 0.15) is 18.0 Å². The number of likely N-dealkylation sites (tertiary alicyclic amines) is 1. The maximum atomic E-state index is 13.1. The molecule has 0 radical (unpaired) electrons. The highest BCUT2D eigenvalue weighted by molar-refractivity contribution is 7.98. The Bertz CT molecular complexity index is 921. The van der Waals surface area contributed by atoms with E-state index in [1.165, 1.54) is 12.1 Å². The van der Waals surface area contributed by atoms with Crippen LogP contribution in [0.1, 0.15) is 21.5 Å². The molecule has 2 N–H and O–H groups in total. The van der Waals surface area contributed by atoms with E-state index >= 15 is 0 Å². The van der Waals surface area contributed by atoms with Gasteiger partial charge in [0.2, 0.25) is 0 Å². The van der Waals surface area contributed by atoms with E-state index in [4.69, 9.17) is 14.2 Å². The molecule has 2 unspecified atom stereocenters. The maximum absolute atomic E-state index is 13.1. The topological polar surface area (TPSA) is 72.1 Å². The van der Waals surface area contributed by atoms with E-state index in [1.807, 2.05) is 61.2 Å². The van der Waals surface area contributed by atoms with Crippen LogP contribution in [0, 0.1) is 13.8 Å². The molecule has 166 valence electrons.